The fraction of sp³-hybridized carbons (Fsp3) is 0.600. The molecule has 0 bridgehead atoms. The summed E-state index contributed by atoms with van der Waals surface area (Å²) in [6.07, 6.45) is 6.71. The van der Waals surface area contributed by atoms with Gasteiger partial charge in [0.15, 0.2) is 0 Å². The zero-order valence-electron chi connectivity index (χ0n) is 12.9. The SMILES string of the molecule is CCCN1C=C(C)CC2=C1N1CN(OC)CC1=CN2C. The second-order valence-electron chi connectivity index (χ2n) is 5.74. The van der Waals surface area contributed by atoms with Gasteiger partial charge in [0.05, 0.1) is 25.0 Å². The molecule has 0 saturated carbocycles. The van der Waals surface area contributed by atoms with Gasteiger partial charge in [-0.3, -0.25) is 0 Å². The van der Waals surface area contributed by atoms with Gasteiger partial charge in [0.25, 0.3) is 0 Å². The molecule has 0 amide bonds. The monoisotopic (exact) mass is 276 g/mol. The van der Waals surface area contributed by atoms with Gasteiger partial charge in [0.2, 0.25) is 0 Å². The van der Waals surface area contributed by atoms with Gasteiger partial charge in [-0.15, -0.1) is 0 Å². The molecule has 0 radical (unpaired) electrons. The molecule has 0 N–H and O–H groups in total. The molecule has 1 fully saturated rings. The van der Waals surface area contributed by atoms with Crippen molar-refractivity contribution in [3.8, 4) is 0 Å². The highest BCUT2D eigenvalue weighted by molar-refractivity contribution is 5.34. The van der Waals surface area contributed by atoms with Crippen molar-refractivity contribution in [3.05, 3.63) is 35.2 Å². The molecule has 5 nitrogen and oxygen atoms in total. The first-order chi connectivity index (χ1) is 9.63. The predicted molar refractivity (Wildman–Crippen MR) is 78.7 cm³/mol. The lowest BCUT2D eigenvalue weighted by molar-refractivity contribution is -0.121. The Kier molecular flexibility index (Phi) is 3.48. The van der Waals surface area contributed by atoms with Crippen LogP contribution in [0.1, 0.15) is 26.7 Å². The molecule has 3 heterocycles. The molecule has 0 aromatic rings. The maximum Gasteiger partial charge on any atom is 0.134 e. The Balaban J connectivity index is 1.96. The number of hydroxylamine groups is 2. The number of fused-ring (bicyclic) bond motifs is 2. The third-order valence-electron chi connectivity index (χ3n) is 4.08. The number of allylic oxidation sites excluding steroid dienone is 1. The molecular formula is C15H24N4O. The maximum atomic E-state index is 5.41. The molecule has 0 aromatic heterocycles. The van der Waals surface area contributed by atoms with Crippen molar-refractivity contribution in [1.29, 1.82) is 0 Å². The van der Waals surface area contributed by atoms with E-state index in [4.69, 9.17) is 4.84 Å². The summed E-state index contributed by atoms with van der Waals surface area (Å²) >= 11 is 0. The largest absolute Gasteiger partial charge is 0.349 e. The Hall–Kier alpha value is -1.46. The molecule has 20 heavy (non-hydrogen) atoms. The third-order valence-corrected chi connectivity index (χ3v) is 4.08. The maximum absolute atomic E-state index is 5.41. The molecule has 1 saturated heterocycles. The summed E-state index contributed by atoms with van der Waals surface area (Å²) in [5.74, 6) is 1.33. The molecule has 0 aromatic carbocycles. The molecule has 3 aliphatic heterocycles. The van der Waals surface area contributed by atoms with Crippen LogP contribution in [0.2, 0.25) is 0 Å². The van der Waals surface area contributed by atoms with Crippen LogP contribution in [0.5, 0.6) is 0 Å². The summed E-state index contributed by atoms with van der Waals surface area (Å²) in [4.78, 5) is 12.5. The molecule has 0 aliphatic carbocycles. The van der Waals surface area contributed by atoms with Crippen LogP contribution in [-0.4, -0.2) is 53.7 Å². The van der Waals surface area contributed by atoms with Gasteiger partial charge in [-0.05, 0) is 13.3 Å². The zero-order chi connectivity index (χ0) is 14.3. The average Bonchev–Trinajstić information content (AvgIpc) is 2.82. The molecule has 0 unspecified atom stereocenters. The van der Waals surface area contributed by atoms with E-state index >= 15 is 0 Å². The Morgan fingerprint density at radius 3 is 2.80 bits per heavy atom. The average molecular weight is 276 g/mol. The summed E-state index contributed by atoms with van der Waals surface area (Å²) < 4.78 is 0. The highest BCUT2D eigenvalue weighted by atomic mass is 16.7. The van der Waals surface area contributed by atoms with E-state index in [1.807, 2.05) is 5.06 Å². The quantitative estimate of drug-likeness (QED) is 0.785. The van der Waals surface area contributed by atoms with E-state index in [0.717, 1.165) is 32.6 Å². The summed E-state index contributed by atoms with van der Waals surface area (Å²) in [5, 5.41) is 1.99. The Morgan fingerprint density at radius 2 is 2.10 bits per heavy atom. The van der Waals surface area contributed by atoms with Gasteiger partial charge >= 0.3 is 0 Å². The molecular weight excluding hydrogens is 252 g/mol. The fourth-order valence-corrected chi connectivity index (χ4v) is 3.19. The van der Waals surface area contributed by atoms with Crippen molar-refractivity contribution >= 4 is 0 Å². The first-order valence-corrected chi connectivity index (χ1v) is 7.31. The highest BCUT2D eigenvalue weighted by Crippen LogP contribution is 2.37. The molecule has 3 rings (SSSR count). The van der Waals surface area contributed by atoms with Gasteiger partial charge in [0, 0.05) is 32.4 Å². The first-order valence-electron chi connectivity index (χ1n) is 7.31. The molecule has 5 heteroatoms. The Bertz CT molecular complexity index is 494. The zero-order valence-corrected chi connectivity index (χ0v) is 12.9. The lowest BCUT2D eigenvalue weighted by atomic mass is 10.1. The van der Waals surface area contributed by atoms with E-state index in [-0.39, 0.29) is 0 Å². The van der Waals surface area contributed by atoms with Gasteiger partial charge in [-0.2, -0.15) is 5.06 Å². The van der Waals surface area contributed by atoms with E-state index in [2.05, 4.69) is 48.0 Å². The van der Waals surface area contributed by atoms with Crippen molar-refractivity contribution in [2.24, 2.45) is 0 Å². The lowest BCUT2D eigenvalue weighted by Crippen LogP contribution is -2.40. The van der Waals surface area contributed by atoms with Crippen molar-refractivity contribution < 1.29 is 4.84 Å². The molecule has 3 aliphatic rings. The molecule has 110 valence electrons. The van der Waals surface area contributed by atoms with E-state index in [9.17, 15) is 0 Å². The van der Waals surface area contributed by atoms with Crippen LogP contribution < -0.4 is 0 Å². The smallest absolute Gasteiger partial charge is 0.134 e. The van der Waals surface area contributed by atoms with Crippen LogP contribution in [0.25, 0.3) is 0 Å². The molecule has 0 atom stereocenters. The number of nitrogens with zero attached hydrogens (tertiary/aromatic N) is 4. The van der Waals surface area contributed by atoms with E-state index in [1.165, 1.54) is 22.8 Å². The summed E-state index contributed by atoms with van der Waals surface area (Å²) in [7, 11) is 3.89. The van der Waals surface area contributed by atoms with Crippen LogP contribution in [0.4, 0.5) is 0 Å². The van der Waals surface area contributed by atoms with Crippen LogP contribution in [-0.2, 0) is 4.84 Å². The molecule has 0 spiro atoms. The fourth-order valence-electron chi connectivity index (χ4n) is 3.19. The standard InChI is InChI=1S/C15H24N4O/c1-5-6-17-8-12(2)7-14-15(17)19-11-18(20-4)10-13(19)9-16(14)3/h8-9H,5-7,10-11H2,1-4H3. The van der Waals surface area contributed by atoms with Crippen LogP contribution >= 0.6 is 0 Å². The Labute approximate surface area is 121 Å². The minimum absolute atomic E-state index is 0.808. The second-order valence-corrected chi connectivity index (χ2v) is 5.74. The summed E-state index contributed by atoms with van der Waals surface area (Å²) in [5.41, 5.74) is 4.12. The normalized spacial score (nSPS) is 22.9. The summed E-state index contributed by atoms with van der Waals surface area (Å²) in [6, 6.07) is 0. The third kappa shape index (κ3) is 2.11. The van der Waals surface area contributed by atoms with E-state index in [1.54, 1.807) is 7.11 Å². The second kappa shape index (κ2) is 5.14. The van der Waals surface area contributed by atoms with Crippen molar-refractivity contribution in [1.82, 2.24) is 19.8 Å². The highest BCUT2D eigenvalue weighted by Gasteiger charge is 2.36. The van der Waals surface area contributed by atoms with Gasteiger partial charge < -0.3 is 19.5 Å². The number of hydrogen-bond acceptors (Lipinski definition) is 5. The van der Waals surface area contributed by atoms with Crippen LogP contribution in [0.15, 0.2) is 35.2 Å². The van der Waals surface area contributed by atoms with Gasteiger partial charge in [-0.1, -0.05) is 12.5 Å². The number of rotatable bonds is 3. The van der Waals surface area contributed by atoms with E-state index < -0.39 is 0 Å². The van der Waals surface area contributed by atoms with Crippen LogP contribution in [0.3, 0.4) is 0 Å². The topological polar surface area (TPSA) is 22.2 Å². The van der Waals surface area contributed by atoms with Crippen molar-refractivity contribution in [2.75, 3.05) is 33.9 Å². The van der Waals surface area contributed by atoms with Gasteiger partial charge in [-0.25, -0.2) is 0 Å². The minimum Gasteiger partial charge on any atom is -0.349 e. The summed E-state index contributed by atoms with van der Waals surface area (Å²) in [6.45, 7) is 7.15. The first kappa shape index (κ1) is 13.5. The van der Waals surface area contributed by atoms with Gasteiger partial charge in [0.1, 0.15) is 12.5 Å². The number of hydrogen-bond donors (Lipinski definition) is 0. The van der Waals surface area contributed by atoms with Crippen molar-refractivity contribution in [3.63, 3.8) is 0 Å². The van der Waals surface area contributed by atoms with Crippen LogP contribution in [0, 0.1) is 0 Å². The minimum atomic E-state index is 0.808. The predicted octanol–water partition coefficient (Wildman–Crippen LogP) is 2.10. The Morgan fingerprint density at radius 1 is 1.30 bits per heavy atom. The van der Waals surface area contributed by atoms with E-state index in [0.29, 0.717) is 0 Å². The van der Waals surface area contributed by atoms with Crippen molar-refractivity contribution in [2.45, 2.75) is 26.7 Å². The lowest BCUT2D eigenvalue weighted by Gasteiger charge is -2.42.